The topological polar surface area (TPSA) is 96.4 Å². The highest BCUT2D eigenvalue weighted by atomic mass is 79.9. The van der Waals surface area contributed by atoms with Crippen molar-refractivity contribution in [2.24, 2.45) is 17.3 Å². The Labute approximate surface area is 223 Å². The summed E-state index contributed by atoms with van der Waals surface area (Å²) in [5, 5.41) is 9.35. The van der Waals surface area contributed by atoms with Crippen LogP contribution in [0.3, 0.4) is 0 Å². The molecule has 9 heteroatoms. The second-order valence-electron chi connectivity index (χ2n) is 12.2. The molecule has 8 nitrogen and oxygen atoms in total. The predicted octanol–water partition coefficient (Wildman–Crippen LogP) is 3.30. The Kier molecular flexibility index (Phi) is 8.68. The highest BCUT2D eigenvalue weighted by molar-refractivity contribution is 9.09. The van der Waals surface area contributed by atoms with Crippen molar-refractivity contribution in [3.63, 3.8) is 0 Å². The van der Waals surface area contributed by atoms with Gasteiger partial charge in [-0.2, -0.15) is 0 Å². The number of rotatable bonds is 11. The summed E-state index contributed by atoms with van der Waals surface area (Å²) < 4.78 is 11.9. The minimum atomic E-state index is -1.11. The number of hydrogen-bond donors (Lipinski definition) is 1. The molecule has 1 spiro atoms. The van der Waals surface area contributed by atoms with E-state index in [0.717, 1.165) is 6.42 Å². The van der Waals surface area contributed by atoms with Crippen LogP contribution in [0.15, 0.2) is 12.7 Å². The average Bonchev–Trinajstić information content (AvgIpc) is 3.34. The molecule has 3 aliphatic rings. The van der Waals surface area contributed by atoms with Crippen LogP contribution in [0.4, 0.5) is 0 Å². The number of hydrogen-bond acceptors (Lipinski definition) is 6. The zero-order valence-electron chi connectivity index (χ0n) is 22.6. The monoisotopic (exact) mass is 570 g/mol. The van der Waals surface area contributed by atoms with E-state index in [1.165, 1.54) is 0 Å². The van der Waals surface area contributed by atoms with Crippen molar-refractivity contribution in [2.75, 3.05) is 26.3 Å². The molecule has 0 aliphatic carbocycles. The molecule has 0 radical (unpaired) electrons. The minimum absolute atomic E-state index is 0.00389. The molecule has 1 N–H and O–H groups in total. The number of amides is 2. The highest BCUT2D eigenvalue weighted by Crippen LogP contribution is 2.60. The third kappa shape index (κ3) is 5.12. The first-order valence-electron chi connectivity index (χ1n) is 13.1. The summed E-state index contributed by atoms with van der Waals surface area (Å²) in [5.74, 6) is -2.41. The van der Waals surface area contributed by atoms with Crippen molar-refractivity contribution in [2.45, 2.75) is 95.3 Å². The van der Waals surface area contributed by atoms with Crippen LogP contribution < -0.4 is 0 Å². The zero-order valence-corrected chi connectivity index (χ0v) is 24.2. The van der Waals surface area contributed by atoms with Crippen LogP contribution in [0.25, 0.3) is 0 Å². The Morgan fingerprint density at radius 1 is 1.31 bits per heavy atom. The summed E-state index contributed by atoms with van der Waals surface area (Å²) >= 11 is 3.68. The Bertz CT molecular complexity index is 871. The van der Waals surface area contributed by atoms with Gasteiger partial charge in [0.05, 0.1) is 24.5 Å². The number of alkyl halides is 1. The molecule has 0 aromatic carbocycles. The van der Waals surface area contributed by atoms with Gasteiger partial charge in [-0.3, -0.25) is 14.4 Å². The van der Waals surface area contributed by atoms with E-state index in [0.29, 0.717) is 32.4 Å². The molecule has 3 rings (SSSR count). The molecule has 6 atom stereocenters. The number of halogens is 1. The van der Waals surface area contributed by atoms with Gasteiger partial charge in [0.15, 0.2) is 0 Å². The Balaban J connectivity index is 2.08. The van der Waals surface area contributed by atoms with Crippen LogP contribution in [0.2, 0.25) is 0 Å². The first-order chi connectivity index (χ1) is 16.8. The standard InChI is InChI=1S/C27H43BrN2O6/c1-8-12-30(26(6,7)16-25(3,4)5)23(33)21-27-15-17(28)20(36-27)18(24(34)35-9-2)19(27)22(32)29(21)13-10-11-14-31/h8,17-21,31H,1,9-16H2,2-7H3/t17?,18-,19+,20-,21-,27+/m0/s1. The smallest absolute Gasteiger partial charge is 0.312 e. The molecule has 3 aliphatic heterocycles. The lowest BCUT2D eigenvalue weighted by molar-refractivity contribution is -0.155. The van der Waals surface area contributed by atoms with Crippen molar-refractivity contribution >= 4 is 33.7 Å². The van der Waals surface area contributed by atoms with Crippen LogP contribution >= 0.6 is 15.9 Å². The number of fused-ring (bicyclic) bond motifs is 1. The number of nitrogens with zero attached hydrogens (tertiary/aromatic N) is 2. The van der Waals surface area contributed by atoms with Gasteiger partial charge in [-0.1, -0.05) is 42.8 Å². The van der Waals surface area contributed by atoms with E-state index in [2.05, 4.69) is 43.3 Å². The van der Waals surface area contributed by atoms with Gasteiger partial charge in [-0.25, -0.2) is 0 Å². The maximum Gasteiger partial charge on any atom is 0.312 e. The number of esters is 1. The van der Waals surface area contributed by atoms with Gasteiger partial charge in [0.2, 0.25) is 11.8 Å². The summed E-state index contributed by atoms with van der Waals surface area (Å²) in [5.41, 5.74) is -1.65. The fourth-order valence-electron chi connectivity index (χ4n) is 6.86. The van der Waals surface area contributed by atoms with E-state index in [1.807, 2.05) is 18.7 Å². The zero-order chi connectivity index (χ0) is 27.1. The summed E-state index contributed by atoms with van der Waals surface area (Å²) in [4.78, 5) is 44.7. The molecule has 204 valence electrons. The SMILES string of the molecule is C=CCN(C(=O)[C@@H]1N(CCCCO)C(=O)[C@H]2[C@H](C(=O)OCC)[C@H]3O[C@@]12CC3Br)C(C)(C)CC(C)(C)C. The number of aliphatic hydroxyl groups is 1. The van der Waals surface area contributed by atoms with Crippen molar-refractivity contribution in [3.8, 4) is 0 Å². The molecule has 2 amide bonds. The molecular weight excluding hydrogens is 528 g/mol. The average molecular weight is 572 g/mol. The Hall–Kier alpha value is -1.45. The van der Waals surface area contributed by atoms with Crippen LogP contribution in [-0.2, 0) is 23.9 Å². The van der Waals surface area contributed by atoms with Crippen LogP contribution in [0.1, 0.15) is 67.2 Å². The van der Waals surface area contributed by atoms with Gasteiger partial charge in [-0.15, -0.1) is 6.58 Å². The molecule has 0 aromatic heterocycles. The fraction of sp³-hybridized carbons (Fsp3) is 0.815. The number of unbranched alkanes of at least 4 members (excludes halogenated alkanes) is 1. The summed E-state index contributed by atoms with van der Waals surface area (Å²) in [7, 11) is 0. The summed E-state index contributed by atoms with van der Waals surface area (Å²) in [6, 6.07) is -0.864. The van der Waals surface area contributed by atoms with Gasteiger partial charge in [0.25, 0.3) is 0 Å². The van der Waals surface area contributed by atoms with E-state index < -0.39 is 41.1 Å². The van der Waals surface area contributed by atoms with Crippen LogP contribution in [-0.4, -0.2) is 87.1 Å². The lowest BCUT2D eigenvalue weighted by Crippen LogP contribution is -2.61. The molecule has 0 saturated carbocycles. The van der Waals surface area contributed by atoms with E-state index >= 15 is 0 Å². The predicted molar refractivity (Wildman–Crippen MR) is 140 cm³/mol. The van der Waals surface area contributed by atoms with Gasteiger partial charge >= 0.3 is 5.97 Å². The number of aliphatic hydroxyl groups excluding tert-OH is 1. The normalized spacial score (nSPS) is 31.5. The molecule has 36 heavy (non-hydrogen) atoms. The summed E-state index contributed by atoms with van der Waals surface area (Å²) in [6.45, 7) is 17.0. The van der Waals surface area contributed by atoms with Gasteiger partial charge in [0, 0.05) is 30.1 Å². The highest BCUT2D eigenvalue weighted by Gasteiger charge is 2.77. The van der Waals surface area contributed by atoms with E-state index in [-0.39, 0.29) is 35.3 Å². The third-order valence-electron chi connectivity index (χ3n) is 7.66. The number of carbonyl (C=O) groups is 3. The molecule has 2 bridgehead atoms. The second kappa shape index (κ2) is 10.7. The maximum atomic E-state index is 14.5. The first-order valence-corrected chi connectivity index (χ1v) is 14.0. The number of carbonyl (C=O) groups excluding carboxylic acids is 3. The van der Waals surface area contributed by atoms with Crippen molar-refractivity contribution < 1.29 is 29.0 Å². The maximum absolute atomic E-state index is 14.5. The fourth-order valence-corrected chi connectivity index (χ4v) is 7.80. The molecule has 3 heterocycles. The molecule has 1 unspecified atom stereocenters. The van der Waals surface area contributed by atoms with Gasteiger partial charge < -0.3 is 24.4 Å². The number of ether oxygens (including phenoxy) is 2. The van der Waals surface area contributed by atoms with Crippen molar-refractivity contribution in [1.29, 1.82) is 0 Å². The van der Waals surface area contributed by atoms with E-state index in [9.17, 15) is 19.5 Å². The van der Waals surface area contributed by atoms with Crippen molar-refractivity contribution in [1.82, 2.24) is 9.80 Å². The Morgan fingerprint density at radius 2 is 1.97 bits per heavy atom. The van der Waals surface area contributed by atoms with Gasteiger partial charge in [0.1, 0.15) is 11.6 Å². The van der Waals surface area contributed by atoms with Crippen molar-refractivity contribution in [3.05, 3.63) is 12.7 Å². The lowest BCUT2D eigenvalue weighted by Gasteiger charge is -2.45. The van der Waals surface area contributed by atoms with Crippen LogP contribution in [0, 0.1) is 17.3 Å². The van der Waals surface area contributed by atoms with E-state index in [4.69, 9.17) is 9.47 Å². The Morgan fingerprint density at radius 3 is 2.53 bits per heavy atom. The van der Waals surface area contributed by atoms with Gasteiger partial charge in [-0.05, 0) is 51.9 Å². The molecular formula is C27H43BrN2O6. The van der Waals surface area contributed by atoms with Crippen LogP contribution in [0.5, 0.6) is 0 Å². The quantitative estimate of drug-likeness (QED) is 0.177. The minimum Gasteiger partial charge on any atom is -0.466 e. The summed E-state index contributed by atoms with van der Waals surface area (Å²) in [6.07, 6.45) is 3.46. The second-order valence-corrected chi connectivity index (χ2v) is 13.3. The molecule has 3 saturated heterocycles. The number of likely N-dealkylation sites (tertiary alicyclic amines) is 1. The van der Waals surface area contributed by atoms with E-state index in [1.54, 1.807) is 17.9 Å². The lowest BCUT2D eigenvalue weighted by atomic mass is 9.70. The largest absolute Gasteiger partial charge is 0.466 e. The molecule has 0 aromatic rings. The first kappa shape index (κ1) is 29.1. The molecule has 3 fully saturated rings. The third-order valence-corrected chi connectivity index (χ3v) is 8.51.